The summed E-state index contributed by atoms with van der Waals surface area (Å²) in [5, 5.41) is 12.2. The number of amides is 1. The van der Waals surface area contributed by atoms with Gasteiger partial charge in [-0.3, -0.25) is 4.79 Å². The summed E-state index contributed by atoms with van der Waals surface area (Å²) >= 11 is 0. The molecule has 0 spiro atoms. The molecular formula is C28H32N2O7. The van der Waals surface area contributed by atoms with Crippen molar-refractivity contribution in [3.05, 3.63) is 72.0 Å². The van der Waals surface area contributed by atoms with E-state index in [1.54, 1.807) is 25.3 Å². The molecule has 5 unspecified atom stereocenters. The molecule has 9 nitrogen and oxygen atoms in total. The molecule has 37 heavy (non-hydrogen) atoms. The Morgan fingerprint density at radius 2 is 1.95 bits per heavy atom. The Balaban J connectivity index is 1.13. The fourth-order valence-electron chi connectivity index (χ4n) is 5.56. The Hall–Kier alpha value is -3.59. The molecule has 6 atom stereocenters. The Morgan fingerprint density at radius 3 is 2.70 bits per heavy atom. The average Bonchev–Trinajstić information content (AvgIpc) is 3.35. The first-order valence-electron chi connectivity index (χ1n) is 12.8. The van der Waals surface area contributed by atoms with Gasteiger partial charge in [0.2, 0.25) is 12.2 Å². The molecule has 1 aliphatic heterocycles. The highest BCUT2D eigenvalue weighted by Crippen LogP contribution is 2.46. The van der Waals surface area contributed by atoms with E-state index in [4.69, 9.17) is 24.1 Å². The fourth-order valence-corrected chi connectivity index (χ4v) is 5.56. The van der Waals surface area contributed by atoms with Gasteiger partial charge in [-0.25, -0.2) is 9.78 Å². The zero-order valence-corrected chi connectivity index (χ0v) is 20.7. The maximum atomic E-state index is 13.1. The van der Waals surface area contributed by atoms with E-state index in [2.05, 4.69) is 10.3 Å². The van der Waals surface area contributed by atoms with Crippen LogP contribution in [0.4, 0.5) is 0 Å². The Morgan fingerprint density at radius 1 is 1.14 bits per heavy atom. The third-order valence-electron chi connectivity index (χ3n) is 7.51. The normalized spacial score (nSPS) is 26.9. The molecule has 9 heteroatoms. The van der Waals surface area contributed by atoms with Crippen molar-refractivity contribution in [2.24, 2.45) is 17.8 Å². The number of benzene rings is 1. The van der Waals surface area contributed by atoms with Crippen molar-refractivity contribution in [3.8, 4) is 5.88 Å². The second kappa shape index (κ2) is 11.2. The van der Waals surface area contributed by atoms with Crippen molar-refractivity contribution in [2.45, 2.75) is 57.5 Å². The van der Waals surface area contributed by atoms with Gasteiger partial charge in [-0.05, 0) is 68.1 Å². The van der Waals surface area contributed by atoms with Crippen LogP contribution < -0.4 is 10.1 Å². The summed E-state index contributed by atoms with van der Waals surface area (Å²) in [6.45, 7) is 2.12. The third-order valence-corrected chi connectivity index (χ3v) is 7.51. The monoisotopic (exact) mass is 508 g/mol. The topological polar surface area (TPSA) is 116 Å². The number of hydrogen-bond donors (Lipinski definition) is 2. The highest BCUT2D eigenvalue weighted by Gasteiger charge is 2.43. The SMILES string of the molecule is C[C@@H](OC1CC2CCC1CC2CNC(=O)c1cccnc1OC1=COC(Cc2ccccc2)O1)C(=O)O. The molecule has 6 rings (SSSR count). The lowest BCUT2D eigenvalue weighted by atomic mass is 9.63. The number of fused-ring (bicyclic) bond motifs is 3. The first kappa shape index (κ1) is 25.1. The minimum absolute atomic E-state index is 0.0252. The van der Waals surface area contributed by atoms with Crippen LogP contribution in [0.3, 0.4) is 0 Å². The van der Waals surface area contributed by atoms with Crippen LogP contribution >= 0.6 is 0 Å². The fraction of sp³-hybridized carbons (Fsp3) is 0.464. The molecule has 1 amide bonds. The van der Waals surface area contributed by atoms with Crippen LogP contribution in [0.5, 0.6) is 5.88 Å². The van der Waals surface area contributed by atoms with Gasteiger partial charge in [0.05, 0.1) is 6.10 Å². The molecule has 196 valence electrons. The van der Waals surface area contributed by atoms with E-state index in [-0.39, 0.29) is 23.8 Å². The van der Waals surface area contributed by atoms with Gasteiger partial charge in [-0.2, -0.15) is 0 Å². The number of carbonyl (C=O) groups excluding carboxylic acids is 1. The van der Waals surface area contributed by atoms with Crippen LogP contribution in [0.2, 0.25) is 0 Å². The number of nitrogens with one attached hydrogen (secondary N) is 1. The Labute approximate surface area is 215 Å². The molecule has 2 bridgehead atoms. The minimum Gasteiger partial charge on any atom is -0.479 e. The van der Waals surface area contributed by atoms with Crippen molar-refractivity contribution in [3.63, 3.8) is 0 Å². The van der Waals surface area contributed by atoms with E-state index < -0.39 is 18.4 Å². The van der Waals surface area contributed by atoms with Gasteiger partial charge in [-0.1, -0.05) is 30.3 Å². The molecule has 2 heterocycles. The van der Waals surface area contributed by atoms with Gasteiger partial charge in [0.1, 0.15) is 5.56 Å². The van der Waals surface area contributed by atoms with Crippen molar-refractivity contribution in [2.75, 3.05) is 6.54 Å². The number of pyridine rings is 1. The van der Waals surface area contributed by atoms with Crippen LogP contribution in [0.25, 0.3) is 0 Å². The lowest BCUT2D eigenvalue weighted by Crippen LogP contribution is -2.47. The zero-order valence-electron chi connectivity index (χ0n) is 20.7. The Kier molecular flexibility index (Phi) is 7.60. The van der Waals surface area contributed by atoms with Crippen LogP contribution in [-0.2, 0) is 25.4 Å². The summed E-state index contributed by atoms with van der Waals surface area (Å²) < 4.78 is 22.9. The van der Waals surface area contributed by atoms with Crippen molar-refractivity contribution >= 4 is 11.9 Å². The van der Waals surface area contributed by atoms with Crippen molar-refractivity contribution in [1.29, 1.82) is 0 Å². The van der Waals surface area contributed by atoms with E-state index in [0.717, 1.165) is 31.2 Å². The van der Waals surface area contributed by atoms with Crippen LogP contribution in [0, 0.1) is 17.8 Å². The van der Waals surface area contributed by atoms with Crippen LogP contribution in [0.15, 0.2) is 60.9 Å². The largest absolute Gasteiger partial charge is 0.479 e. The second-order valence-electron chi connectivity index (χ2n) is 9.96. The molecule has 0 saturated heterocycles. The lowest BCUT2D eigenvalue weighted by molar-refractivity contribution is -0.162. The molecule has 4 aliphatic rings. The van der Waals surface area contributed by atoms with E-state index in [0.29, 0.717) is 36.3 Å². The van der Waals surface area contributed by atoms with Gasteiger partial charge in [0.15, 0.2) is 12.4 Å². The number of aliphatic carboxylic acids is 1. The molecule has 0 radical (unpaired) electrons. The minimum atomic E-state index is -0.934. The summed E-state index contributed by atoms with van der Waals surface area (Å²) in [7, 11) is 0. The molecule has 3 aliphatic carbocycles. The van der Waals surface area contributed by atoms with Crippen LogP contribution in [-0.4, -0.2) is 47.0 Å². The number of rotatable bonds is 10. The third kappa shape index (κ3) is 6.05. The first-order valence-corrected chi connectivity index (χ1v) is 12.8. The number of nitrogens with zero attached hydrogens (tertiary/aromatic N) is 1. The summed E-state index contributed by atoms with van der Waals surface area (Å²) in [6, 6.07) is 13.2. The molecule has 1 aromatic carbocycles. The molecule has 3 fully saturated rings. The van der Waals surface area contributed by atoms with Gasteiger partial charge in [-0.15, -0.1) is 0 Å². The van der Waals surface area contributed by atoms with E-state index in [1.165, 1.54) is 6.26 Å². The van der Waals surface area contributed by atoms with E-state index in [1.807, 2.05) is 30.3 Å². The average molecular weight is 509 g/mol. The maximum Gasteiger partial charge on any atom is 0.332 e. The number of hydrogen-bond acceptors (Lipinski definition) is 7. The quantitative estimate of drug-likeness (QED) is 0.497. The number of ether oxygens (including phenoxy) is 4. The molecule has 2 aromatic rings. The van der Waals surface area contributed by atoms with E-state index >= 15 is 0 Å². The first-order chi connectivity index (χ1) is 18.0. The van der Waals surface area contributed by atoms with Gasteiger partial charge in [0, 0.05) is 19.2 Å². The Bertz CT molecular complexity index is 1140. The number of carbonyl (C=O) groups is 2. The summed E-state index contributed by atoms with van der Waals surface area (Å²) in [6.07, 6.45) is 6.04. The summed E-state index contributed by atoms with van der Waals surface area (Å²) in [5.41, 5.74) is 1.39. The lowest BCUT2D eigenvalue weighted by Gasteiger charge is -2.47. The molecular weight excluding hydrogens is 476 g/mol. The second-order valence-corrected chi connectivity index (χ2v) is 9.96. The van der Waals surface area contributed by atoms with Gasteiger partial charge >= 0.3 is 11.9 Å². The summed E-state index contributed by atoms with van der Waals surface area (Å²) in [4.78, 5) is 28.5. The summed E-state index contributed by atoms with van der Waals surface area (Å²) in [5.74, 6) is 0.153. The van der Waals surface area contributed by atoms with Crippen molar-refractivity contribution < 1.29 is 33.6 Å². The smallest absolute Gasteiger partial charge is 0.332 e. The highest BCUT2D eigenvalue weighted by molar-refractivity contribution is 5.96. The van der Waals surface area contributed by atoms with Gasteiger partial charge < -0.3 is 29.4 Å². The highest BCUT2D eigenvalue weighted by atomic mass is 16.8. The van der Waals surface area contributed by atoms with E-state index in [9.17, 15) is 9.59 Å². The van der Waals surface area contributed by atoms with Gasteiger partial charge in [0.25, 0.3) is 5.91 Å². The van der Waals surface area contributed by atoms with Crippen LogP contribution in [0.1, 0.15) is 48.5 Å². The number of aromatic nitrogens is 1. The zero-order chi connectivity index (χ0) is 25.8. The molecule has 1 aromatic heterocycles. The molecule has 2 N–H and O–H groups in total. The standard InChI is InChI=1S/C28H32N2O7/c1-17(28(32)33)35-23-14-19-9-10-20(23)13-21(19)15-30-26(31)22-8-5-11-29-27(22)37-25-16-34-24(36-25)12-18-6-3-2-4-7-18/h2-8,11,16-17,19-21,23-24H,9-10,12-15H2,1H3,(H,30,31)(H,32,33)/t17-,19?,20?,21?,23?,24?/m1/s1. The predicted molar refractivity (Wildman–Crippen MR) is 132 cm³/mol. The predicted octanol–water partition coefficient (Wildman–Crippen LogP) is 3.90. The number of carboxylic acids is 1. The maximum absolute atomic E-state index is 13.1. The number of carboxylic acid groups (broad SMARTS) is 1. The van der Waals surface area contributed by atoms with Crippen molar-refractivity contribution in [1.82, 2.24) is 10.3 Å². The molecule has 3 saturated carbocycles.